The lowest BCUT2D eigenvalue weighted by Crippen LogP contribution is -2.37. The van der Waals surface area contributed by atoms with E-state index < -0.39 is 5.97 Å². The van der Waals surface area contributed by atoms with Crippen LogP contribution in [0.15, 0.2) is 0 Å². The minimum Gasteiger partial charge on any atom is -0.480 e. The van der Waals surface area contributed by atoms with Crippen LogP contribution in [-0.2, 0) is 4.79 Å². The molecule has 0 radical (unpaired) electrons. The van der Waals surface area contributed by atoms with Crippen LogP contribution in [0.3, 0.4) is 0 Å². The second kappa shape index (κ2) is 7.85. The number of piperidine rings is 2. The van der Waals surface area contributed by atoms with Crippen molar-refractivity contribution in [3.63, 3.8) is 0 Å². The van der Waals surface area contributed by atoms with Gasteiger partial charge in [0.15, 0.2) is 0 Å². The molecule has 19 heavy (non-hydrogen) atoms. The van der Waals surface area contributed by atoms with E-state index in [9.17, 15) is 4.79 Å². The first-order valence-electron chi connectivity index (χ1n) is 7.90. The standard InChI is InChI=1S/C15H28N2O2/c18-15(19)13-17-11-6-14(7-12-17)5-4-10-16-8-2-1-3-9-16/h14H,1-13H2,(H,18,19). The fraction of sp³-hybridized carbons (Fsp3) is 0.933. The summed E-state index contributed by atoms with van der Waals surface area (Å²) in [6, 6.07) is 0. The smallest absolute Gasteiger partial charge is 0.317 e. The van der Waals surface area contributed by atoms with Crippen LogP contribution < -0.4 is 0 Å². The summed E-state index contributed by atoms with van der Waals surface area (Å²) in [4.78, 5) is 15.3. The topological polar surface area (TPSA) is 43.8 Å². The number of likely N-dealkylation sites (tertiary alicyclic amines) is 2. The zero-order valence-electron chi connectivity index (χ0n) is 12.0. The van der Waals surface area contributed by atoms with E-state index in [0.717, 1.165) is 19.0 Å². The summed E-state index contributed by atoms with van der Waals surface area (Å²) in [5, 5.41) is 8.77. The Morgan fingerprint density at radius 3 is 2.32 bits per heavy atom. The average molecular weight is 268 g/mol. The third-order valence-corrected chi connectivity index (χ3v) is 4.60. The maximum Gasteiger partial charge on any atom is 0.317 e. The quantitative estimate of drug-likeness (QED) is 0.801. The molecule has 2 aliphatic rings. The van der Waals surface area contributed by atoms with Crippen LogP contribution in [-0.4, -0.2) is 60.1 Å². The highest BCUT2D eigenvalue weighted by molar-refractivity contribution is 5.69. The lowest BCUT2D eigenvalue weighted by molar-refractivity contribution is -0.138. The van der Waals surface area contributed by atoms with Gasteiger partial charge in [0.1, 0.15) is 0 Å². The molecule has 0 amide bonds. The summed E-state index contributed by atoms with van der Waals surface area (Å²) in [5.41, 5.74) is 0. The Morgan fingerprint density at radius 2 is 1.68 bits per heavy atom. The van der Waals surface area contributed by atoms with Crippen LogP contribution in [0.2, 0.25) is 0 Å². The SMILES string of the molecule is O=C(O)CN1CCC(CCCN2CCCCC2)CC1. The van der Waals surface area contributed by atoms with Gasteiger partial charge in [-0.05, 0) is 77.2 Å². The van der Waals surface area contributed by atoms with Crippen molar-refractivity contribution in [1.82, 2.24) is 9.80 Å². The van der Waals surface area contributed by atoms with E-state index in [4.69, 9.17) is 5.11 Å². The van der Waals surface area contributed by atoms with Crippen molar-refractivity contribution in [2.24, 2.45) is 5.92 Å². The molecule has 4 heteroatoms. The van der Waals surface area contributed by atoms with Crippen molar-refractivity contribution in [2.45, 2.75) is 44.9 Å². The maximum absolute atomic E-state index is 10.6. The van der Waals surface area contributed by atoms with Crippen LogP contribution >= 0.6 is 0 Å². The largest absolute Gasteiger partial charge is 0.480 e. The van der Waals surface area contributed by atoms with Crippen LogP contribution in [0, 0.1) is 5.92 Å². The van der Waals surface area contributed by atoms with Crippen molar-refractivity contribution in [3.05, 3.63) is 0 Å². The molecule has 0 unspecified atom stereocenters. The summed E-state index contributed by atoms with van der Waals surface area (Å²) in [5.74, 6) is 0.137. The van der Waals surface area contributed by atoms with E-state index in [0.29, 0.717) is 0 Å². The first-order valence-corrected chi connectivity index (χ1v) is 7.90. The average Bonchev–Trinajstić information content (AvgIpc) is 2.41. The van der Waals surface area contributed by atoms with Crippen molar-refractivity contribution in [1.29, 1.82) is 0 Å². The number of hydrogen-bond acceptors (Lipinski definition) is 3. The third kappa shape index (κ3) is 5.49. The number of carboxylic acids is 1. The van der Waals surface area contributed by atoms with Crippen LogP contribution in [0.4, 0.5) is 0 Å². The zero-order chi connectivity index (χ0) is 13.5. The number of carbonyl (C=O) groups is 1. The van der Waals surface area contributed by atoms with Gasteiger partial charge in [0, 0.05) is 0 Å². The molecular weight excluding hydrogens is 240 g/mol. The lowest BCUT2D eigenvalue weighted by atomic mass is 9.92. The fourth-order valence-electron chi connectivity index (χ4n) is 3.41. The van der Waals surface area contributed by atoms with Gasteiger partial charge < -0.3 is 10.0 Å². The van der Waals surface area contributed by atoms with Gasteiger partial charge in [-0.25, -0.2) is 0 Å². The van der Waals surface area contributed by atoms with Gasteiger partial charge in [0.25, 0.3) is 0 Å². The van der Waals surface area contributed by atoms with E-state index >= 15 is 0 Å². The Morgan fingerprint density at radius 1 is 1.00 bits per heavy atom. The van der Waals surface area contributed by atoms with E-state index in [1.165, 1.54) is 64.6 Å². The van der Waals surface area contributed by atoms with Crippen molar-refractivity contribution in [2.75, 3.05) is 39.3 Å². The zero-order valence-corrected chi connectivity index (χ0v) is 12.0. The Bertz CT molecular complexity index is 269. The van der Waals surface area contributed by atoms with E-state index in [2.05, 4.69) is 9.80 Å². The molecule has 0 aromatic carbocycles. The van der Waals surface area contributed by atoms with Gasteiger partial charge >= 0.3 is 5.97 Å². The second-order valence-corrected chi connectivity index (χ2v) is 6.16. The molecular formula is C15H28N2O2. The molecule has 0 aromatic heterocycles. The Kier molecular flexibility index (Phi) is 6.11. The van der Waals surface area contributed by atoms with Gasteiger partial charge in [-0.2, -0.15) is 0 Å². The van der Waals surface area contributed by atoms with Gasteiger partial charge in [0.05, 0.1) is 6.54 Å². The molecule has 2 fully saturated rings. The highest BCUT2D eigenvalue weighted by Crippen LogP contribution is 2.22. The second-order valence-electron chi connectivity index (χ2n) is 6.16. The van der Waals surface area contributed by atoms with Crippen molar-refractivity contribution >= 4 is 5.97 Å². The third-order valence-electron chi connectivity index (χ3n) is 4.60. The Hall–Kier alpha value is -0.610. The fourth-order valence-corrected chi connectivity index (χ4v) is 3.41. The minimum absolute atomic E-state index is 0.223. The summed E-state index contributed by atoms with van der Waals surface area (Å²) in [7, 11) is 0. The van der Waals surface area contributed by atoms with Gasteiger partial charge in [-0.3, -0.25) is 9.69 Å². The molecule has 0 atom stereocenters. The molecule has 2 aliphatic heterocycles. The predicted octanol–water partition coefficient (Wildman–Crippen LogP) is 2.05. The number of aliphatic carboxylic acids is 1. The predicted molar refractivity (Wildman–Crippen MR) is 76.3 cm³/mol. The lowest BCUT2D eigenvalue weighted by Gasteiger charge is -2.31. The van der Waals surface area contributed by atoms with Crippen molar-refractivity contribution in [3.8, 4) is 0 Å². The molecule has 0 aromatic rings. The van der Waals surface area contributed by atoms with Gasteiger partial charge in [-0.1, -0.05) is 6.42 Å². The molecule has 2 rings (SSSR count). The monoisotopic (exact) mass is 268 g/mol. The van der Waals surface area contributed by atoms with Gasteiger partial charge in [0.2, 0.25) is 0 Å². The number of hydrogen-bond donors (Lipinski definition) is 1. The minimum atomic E-state index is -0.691. The Labute approximate surface area is 116 Å². The number of rotatable bonds is 6. The maximum atomic E-state index is 10.6. The molecule has 0 bridgehead atoms. The first-order chi connectivity index (χ1) is 9.24. The molecule has 0 aliphatic carbocycles. The van der Waals surface area contributed by atoms with E-state index in [1.807, 2.05) is 0 Å². The molecule has 0 saturated carbocycles. The summed E-state index contributed by atoms with van der Waals surface area (Å²) in [6.45, 7) is 6.05. The summed E-state index contributed by atoms with van der Waals surface area (Å²) < 4.78 is 0. The number of nitrogens with zero attached hydrogens (tertiary/aromatic N) is 2. The molecule has 4 nitrogen and oxygen atoms in total. The highest BCUT2D eigenvalue weighted by atomic mass is 16.4. The molecule has 0 spiro atoms. The molecule has 1 N–H and O–H groups in total. The Balaban J connectivity index is 1.54. The molecule has 110 valence electrons. The normalized spacial score (nSPS) is 23.6. The van der Waals surface area contributed by atoms with Crippen LogP contribution in [0.5, 0.6) is 0 Å². The van der Waals surface area contributed by atoms with Crippen LogP contribution in [0.25, 0.3) is 0 Å². The van der Waals surface area contributed by atoms with E-state index in [-0.39, 0.29) is 6.54 Å². The van der Waals surface area contributed by atoms with Crippen molar-refractivity contribution < 1.29 is 9.90 Å². The summed E-state index contributed by atoms with van der Waals surface area (Å²) in [6.07, 6.45) is 9.21. The first kappa shape index (κ1) is 14.8. The summed E-state index contributed by atoms with van der Waals surface area (Å²) >= 11 is 0. The number of carboxylic acid groups (broad SMARTS) is 1. The van der Waals surface area contributed by atoms with E-state index in [1.54, 1.807) is 0 Å². The van der Waals surface area contributed by atoms with Crippen LogP contribution in [0.1, 0.15) is 44.9 Å². The molecule has 2 heterocycles. The molecule has 2 saturated heterocycles. The van der Waals surface area contributed by atoms with Gasteiger partial charge in [-0.15, -0.1) is 0 Å². The highest BCUT2D eigenvalue weighted by Gasteiger charge is 2.20.